The Kier molecular flexibility index (Phi) is 4.19. The van der Waals surface area contributed by atoms with Crippen LogP contribution < -0.4 is 0 Å². The lowest BCUT2D eigenvalue weighted by atomic mass is 10.0. The summed E-state index contributed by atoms with van der Waals surface area (Å²) in [6.07, 6.45) is 3.77. The summed E-state index contributed by atoms with van der Waals surface area (Å²) in [5.74, 6) is 0.0471. The van der Waals surface area contributed by atoms with E-state index in [4.69, 9.17) is 11.6 Å². The first kappa shape index (κ1) is 13.3. The minimum Gasteiger partial charge on any atom is -0.337 e. The maximum absolute atomic E-state index is 12.3. The van der Waals surface area contributed by atoms with Gasteiger partial charge in [-0.3, -0.25) is 4.79 Å². The largest absolute Gasteiger partial charge is 0.337 e. The summed E-state index contributed by atoms with van der Waals surface area (Å²) in [5.41, 5.74) is 0.620. The fraction of sp³-hybridized carbons (Fsp3) is 0.538. The van der Waals surface area contributed by atoms with Gasteiger partial charge in [0.15, 0.2) is 0 Å². The number of likely N-dealkylation sites (N-methyl/N-ethyl adjacent to an activating group) is 1. The summed E-state index contributed by atoms with van der Waals surface area (Å²) in [6, 6.07) is 3.79. The third kappa shape index (κ3) is 3.00. The minimum atomic E-state index is 0.0471. The molecule has 1 aromatic rings. The smallest absolute Gasteiger partial charge is 0.254 e. The fourth-order valence-electron chi connectivity index (χ4n) is 2.28. The van der Waals surface area contributed by atoms with Gasteiger partial charge >= 0.3 is 0 Å². The number of aromatic nitrogens is 1. The quantitative estimate of drug-likeness (QED) is 0.768. The van der Waals surface area contributed by atoms with E-state index in [1.54, 1.807) is 18.3 Å². The molecule has 1 atom stereocenters. The van der Waals surface area contributed by atoms with Gasteiger partial charge in [0.25, 0.3) is 5.91 Å². The molecule has 1 aromatic heterocycles. The average Bonchev–Trinajstić information content (AvgIpc) is 2.38. The van der Waals surface area contributed by atoms with Crippen molar-refractivity contribution in [1.29, 1.82) is 0 Å². The standard InChI is InChI=1S/C13H18ClN3O/c1-16(2)11-4-3-7-17(9-11)13(18)10-5-6-15-12(14)8-10/h5-6,8,11H,3-4,7,9H2,1-2H3. The number of carbonyl (C=O) groups excluding carboxylic acids is 1. The van der Waals surface area contributed by atoms with E-state index in [0.717, 1.165) is 25.9 Å². The molecule has 5 heteroatoms. The van der Waals surface area contributed by atoms with E-state index in [9.17, 15) is 4.79 Å². The molecule has 2 rings (SSSR count). The number of likely N-dealkylation sites (tertiary alicyclic amines) is 1. The lowest BCUT2D eigenvalue weighted by Gasteiger charge is -2.36. The van der Waals surface area contributed by atoms with Crippen LogP contribution in [0.3, 0.4) is 0 Å². The summed E-state index contributed by atoms with van der Waals surface area (Å²) >= 11 is 5.82. The molecule has 1 fully saturated rings. The molecular weight excluding hydrogens is 250 g/mol. The van der Waals surface area contributed by atoms with Gasteiger partial charge in [-0.05, 0) is 39.1 Å². The Morgan fingerprint density at radius 3 is 3.00 bits per heavy atom. The molecule has 98 valence electrons. The van der Waals surface area contributed by atoms with Crippen LogP contribution in [0, 0.1) is 0 Å². The van der Waals surface area contributed by atoms with E-state index in [1.165, 1.54) is 0 Å². The van der Waals surface area contributed by atoms with E-state index in [1.807, 2.05) is 4.90 Å². The van der Waals surface area contributed by atoms with Crippen LogP contribution >= 0.6 is 11.6 Å². The molecule has 0 saturated carbocycles. The van der Waals surface area contributed by atoms with Gasteiger partial charge in [0, 0.05) is 30.9 Å². The van der Waals surface area contributed by atoms with Crippen molar-refractivity contribution in [3.8, 4) is 0 Å². The third-order valence-electron chi connectivity index (χ3n) is 3.39. The summed E-state index contributed by atoms with van der Waals surface area (Å²) < 4.78 is 0. The van der Waals surface area contributed by atoms with Gasteiger partial charge in [0.2, 0.25) is 0 Å². The highest BCUT2D eigenvalue weighted by atomic mass is 35.5. The molecule has 0 radical (unpaired) electrons. The maximum Gasteiger partial charge on any atom is 0.254 e. The summed E-state index contributed by atoms with van der Waals surface area (Å²) in [4.78, 5) is 20.3. The Bertz CT molecular complexity index is 436. The summed E-state index contributed by atoms with van der Waals surface area (Å²) in [6.45, 7) is 1.61. The van der Waals surface area contributed by atoms with Gasteiger partial charge in [0.05, 0.1) is 0 Å². The number of rotatable bonds is 2. The number of amides is 1. The molecule has 18 heavy (non-hydrogen) atoms. The predicted octanol–water partition coefficient (Wildman–Crippen LogP) is 1.90. The van der Waals surface area contributed by atoms with Crippen molar-refractivity contribution in [2.45, 2.75) is 18.9 Å². The Labute approximate surface area is 113 Å². The minimum absolute atomic E-state index is 0.0471. The van der Waals surface area contributed by atoms with Crippen molar-refractivity contribution in [2.24, 2.45) is 0 Å². The van der Waals surface area contributed by atoms with E-state index in [2.05, 4.69) is 24.0 Å². The van der Waals surface area contributed by atoms with Gasteiger partial charge in [0.1, 0.15) is 5.15 Å². The molecule has 0 bridgehead atoms. The zero-order valence-electron chi connectivity index (χ0n) is 10.8. The van der Waals surface area contributed by atoms with Crippen LogP contribution in [-0.2, 0) is 0 Å². The first-order chi connectivity index (χ1) is 8.58. The predicted molar refractivity (Wildman–Crippen MR) is 71.9 cm³/mol. The van der Waals surface area contributed by atoms with Gasteiger partial charge in [-0.1, -0.05) is 11.6 Å². The first-order valence-electron chi connectivity index (χ1n) is 6.15. The highest BCUT2D eigenvalue weighted by Crippen LogP contribution is 2.17. The summed E-state index contributed by atoms with van der Waals surface area (Å²) in [5, 5.41) is 0.363. The lowest BCUT2D eigenvalue weighted by Crippen LogP contribution is -2.47. The van der Waals surface area contributed by atoms with E-state index >= 15 is 0 Å². The number of carbonyl (C=O) groups is 1. The number of piperidine rings is 1. The monoisotopic (exact) mass is 267 g/mol. The molecular formula is C13H18ClN3O. The number of nitrogens with zero attached hydrogens (tertiary/aromatic N) is 3. The van der Waals surface area contributed by atoms with Crippen molar-refractivity contribution in [1.82, 2.24) is 14.8 Å². The van der Waals surface area contributed by atoms with E-state index < -0.39 is 0 Å². The Balaban J connectivity index is 2.09. The van der Waals surface area contributed by atoms with Crippen LogP contribution in [0.5, 0.6) is 0 Å². The van der Waals surface area contributed by atoms with Crippen LogP contribution in [0.4, 0.5) is 0 Å². The molecule has 1 saturated heterocycles. The first-order valence-corrected chi connectivity index (χ1v) is 6.53. The van der Waals surface area contributed by atoms with E-state index in [0.29, 0.717) is 16.8 Å². The second-order valence-corrected chi connectivity index (χ2v) is 5.27. The highest BCUT2D eigenvalue weighted by molar-refractivity contribution is 6.29. The second kappa shape index (κ2) is 5.67. The number of hydrogen-bond donors (Lipinski definition) is 0. The molecule has 1 unspecified atom stereocenters. The van der Waals surface area contributed by atoms with Crippen molar-refractivity contribution in [2.75, 3.05) is 27.2 Å². The molecule has 1 amide bonds. The molecule has 2 heterocycles. The maximum atomic E-state index is 12.3. The van der Waals surface area contributed by atoms with Crippen LogP contribution in [0.25, 0.3) is 0 Å². The molecule has 1 aliphatic heterocycles. The van der Waals surface area contributed by atoms with E-state index in [-0.39, 0.29) is 5.91 Å². The number of halogens is 1. The number of hydrogen-bond acceptors (Lipinski definition) is 3. The number of pyridine rings is 1. The van der Waals surface area contributed by atoms with Crippen molar-refractivity contribution in [3.05, 3.63) is 29.0 Å². The van der Waals surface area contributed by atoms with Gasteiger partial charge < -0.3 is 9.80 Å². The van der Waals surface area contributed by atoms with Gasteiger partial charge in [-0.2, -0.15) is 0 Å². The van der Waals surface area contributed by atoms with Crippen molar-refractivity contribution < 1.29 is 4.79 Å². The molecule has 0 N–H and O–H groups in total. The normalized spacial score (nSPS) is 20.2. The zero-order valence-corrected chi connectivity index (χ0v) is 11.5. The second-order valence-electron chi connectivity index (χ2n) is 4.88. The highest BCUT2D eigenvalue weighted by Gasteiger charge is 2.25. The lowest BCUT2D eigenvalue weighted by molar-refractivity contribution is 0.0635. The Morgan fingerprint density at radius 2 is 2.33 bits per heavy atom. The molecule has 4 nitrogen and oxygen atoms in total. The van der Waals surface area contributed by atoms with Crippen LogP contribution in [0.1, 0.15) is 23.2 Å². The van der Waals surface area contributed by atoms with Crippen LogP contribution in [-0.4, -0.2) is 53.9 Å². The van der Waals surface area contributed by atoms with Crippen molar-refractivity contribution in [3.63, 3.8) is 0 Å². The summed E-state index contributed by atoms with van der Waals surface area (Å²) in [7, 11) is 4.11. The average molecular weight is 268 g/mol. The van der Waals surface area contributed by atoms with Crippen LogP contribution in [0.15, 0.2) is 18.3 Å². The third-order valence-corrected chi connectivity index (χ3v) is 3.59. The van der Waals surface area contributed by atoms with Gasteiger partial charge in [-0.25, -0.2) is 4.98 Å². The zero-order chi connectivity index (χ0) is 13.1. The Hall–Kier alpha value is -1.13. The fourth-order valence-corrected chi connectivity index (χ4v) is 2.45. The SMILES string of the molecule is CN(C)C1CCCN(C(=O)c2ccnc(Cl)c2)C1. The molecule has 0 aromatic carbocycles. The Morgan fingerprint density at radius 1 is 1.56 bits per heavy atom. The molecule has 0 spiro atoms. The topological polar surface area (TPSA) is 36.4 Å². The van der Waals surface area contributed by atoms with Crippen molar-refractivity contribution >= 4 is 17.5 Å². The van der Waals surface area contributed by atoms with Gasteiger partial charge in [-0.15, -0.1) is 0 Å². The molecule has 1 aliphatic rings. The molecule has 0 aliphatic carbocycles. The van der Waals surface area contributed by atoms with Crippen LogP contribution in [0.2, 0.25) is 5.15 Å².